The molecule has 0 unspecified atom stereocenters. The quantitative estimate of drug-likeness (QED) is 0.539. The molecule has 0 saturated heterocycles. The summed E-state index contributed by atoms with van der Waals surface area (Å²) in [6.45, 7) is 3.29. The first-order valence-electron chi connectivity index (χ1n) is 10.1. The fraction of sp³-hybridized carbons (Fsp3) is 0.261. The smallest absolute Gasteiger partial charge is 0.341 e. The van der Waals surface area contributed by atoms with E-state index >= 15 is 0 Å². The van der Waals surface area contributed by atoms with Gasteiger partial charge in [-0.1, -0.05) is 17.7 Å². The van der Waals surface area contributed by atoms with E-state index in [-0.39, 0.29) is 0 Å². The predicted octanol–water partition coefficient (Wildman–Crippen LogP) is 4.45. The van der Waals surface area contributed by atoms with E-state index in [1.807, 2.05) is 66.8 Å². The highest BCUT2D eigenvalue weighted by molar-refractivity contribution is 7.98. The van der Waals surface area contributed by atoms with Crippen molar-refractivity contribution in [3.05, 3.63) is 69.9 Å². The van der Waals surface area contributed by atoms with Crippen LogP contribution in [0, 0.1) is 13.8 Å². The van der Waals surface area contributed by atoms with Gasteiger partial charge in [0.05, 0.1) is 5.56 Å². The number of thioether (sulfide) groups is 1. The molecule has 3 aromatic rings. The van der Waals surface area contributed by atoms with Gasteiger partial charge >= 0.3 is 12.0 Å². The third-order valence-electron chi connectivity index (χ3n) is 5.06. The summed E-state index contributed by atoms with van der Waals surface area (Å²) in [4.78, 5) is 38.4. The average Bonchev–Trinajstić information content (AvgIpc) is 3.41. The molecule has 0 atom stereocenters. The molecule has 0 aliphatic carbocycles. The first-order valence-corrected chi connectivity index (χ1v) is 12.1. The number of ether oxygens (including phenoxy) is 1. The molecule has 4 rings (SSSR count). The minimum atomic E-state index is -0.692. The van der Waals surface area contributed by atoms with Gasteiger partial charge in [-0.2, -0.15) is 11.8 Å². The fourth-order valence-corrected chi connectivity index (χ4v) is 5.99. The van der Waals surface area contributed by atoms with Crippen LogP contribution < -0.4 is 10.6 Å². The predicted molar refractivity (Wildman–Crippen MR) is 127 cm³/mol. The Morgan fingerprint density at radius 2 is 1.94 bits per heavy atom. The minimum Gasteiger partial charge on any atom is -0.452 e. The number of aromatic nitrogens is 1. The Morgan fingerprint density at radius 1 is 1.16 bits per heavy atom. The number of benzene rings is 1. The molecular weight excluding hydrogens is 446 g/mol. The number of anilines is 1. The SMILES string of the molecule is Cc1ccc(NC(=O)NC(=O)COC(=O)c2c(-n3cccc3)sc3c2CCSC3)c(C)c1. The molecule has 7 nitrogen and oxygen atoms in total. The number of rotatable bonds is 5. The number of amides is 3. The summed E-state index contributed by atoms with van der Waals surface area (Å²) in [6, 6.07) is 8.69. The number of nitrogens with zero attached hydrogens (tertiary/aromatic N) is 1. The number of urea groups is 1. The topological polar surface area (TPSA) is 89.4 Å². The fourth-order valence-electron chi connectivity index (χ4n) is 3.55. The van der Waals surface area contributed by atoms with E-state index in [0.717, 1.165) is 44.5 Å². The number of nitrogens with one attached hydrogen (secondary N) is 2. The second-order valence-corrected chi connectivity index (χ2v) is 9.66. The molecule has 3 amide bonds. The van der Waals surface area contributed by atoms with Crippen molar-refractivity contribution in [1.82, 2.24) is 9.88 Å². The van der Waals surface area contributed by atoms with Gasteiger partial charge in [-0.05, 0) is 55.3 Å². The van der Waals surface area contributed by atoms with Crippen LogP contribution in [-0.4, -0.2) is 34.8 Å². The lowest BCUT2D eigenvalue weighted by atomic mass is 10.1. The highest BCUT2D eigenvalue weighted by atomic mass is 32.2. The van der Waals surface area contributed by atoms with Gasteiger partial charge in [0, 0.05) is 28.7 Å². The van der Waals surface area contributed by atoms with Gasteiger partial charge in [-0.3, -0.25) is 10.1 Å². The standard InChI is InChI=1S/C23H23N3O4S2/c1-14-5-6-17(15(2)11-14)24-23(29)25-19(27)12-30-22(28)20-16-7-10-31-13-18(16)32-21(20)26-8-3-4-9-26/h3-6,8-9,11H,7,10,12-13H2,1-2H3,(H2,24,25,27,29). The summed E-state index contributed by atoms with van der Waals surface area (Å²) in [6.07, 6.45) is 4.54. The molecule has 2 aromatic heterocycles. The lowest BCUT2D eigenvalue weighted by Gasteiger charge is -2.13. The first-order chi connectivity index (χ1) is 15.4. The lowest BCUT2D eigenvalue weighted by Crippen LogP contribution is -2.37. The summed E-state index contributed by atoms with van der Waals surface area (Å²) < 4.78 is 7.19. The van der Waals surface area contributed by atoms with E-state index in [1.54, 1.807) is 17.4 Å². The van der Waals surface area contributed by atoms with Crippen molar-refractivity contribution in [3.63, 3.8) is 0 Å². The highest BCUT2D eigenvalue weighted by Crippen LogP contribution is 2.38. The number of hydrogen-bond acceptors (Lipinski definition) is 6. The third-order valence-corrected chi connectivity index (χ3v) is 7.48. The van der Waals surface area contributed by atoms with Crippen molar-refractivity contribution in [1.29, 1.82) is 0 Å². The number of carbonyl (C=O) groups excluding carboxylic acids is 3. The molecule has 9 heteroatoms. The van der Waals surface area contributed by atoms with Crippen LogP contribution in [0.5, 0.6) is 0 Å². The number of hydrogen-bond donors (Lipinski definition) is 2. The Hall–Kier alpha value is -3.04. The molecule has 0 bridgehead atoms. The van der Waals surface area contributed by atoms with E-state index in [2.05, 4.69) is 10.6 Å². The van der Waals surface area contributed by atoms with Crippen LogP contribution in [0.2, 0.25) is 0 Å². The summed E-state index contributed by atoms with van der Waals surface area (Å²) >= 11 is 3.41. The number of carbonyl (C=O) groups is 3. The molecule has 2 N–H and O–H groups in total. The van der Waals surface area contributed by atoms with Crippen LogP contribution in [0.15, 0.2) is 42.7 Å². The van der Waals surface area contributed by atoms with Crippen LogP contribution in [0.4, 0.5) is 10.5 Å². The Labute approximate surface area is 194 Å². The number of aryl methyl sites for hydroxylation is 2. The Balaban J connectivity index is 1.40. The minimum absolute atomic E-state index is 0.508. The molecule has 1 aliphatic heterocycles. The van der Waals surface area contributed by atoms with E-state index in [1.165, 1.54) is 0 Å². The molecular formula is C23H23N3O4S2. The maximum atomic E-state index is 12.9. The Bertz CT molecular complexity index is 1170. The zero-order valence-electron chi connectivity index (χ0n) is 17.8. The zero-order chi connectivity index (χ0) is 22.7. The van der Waals surface area contributed by atoms with Crippen LogP contribution in [0.3, 0.4) is 0 Å². The monoisotopic (exact) mass is 469 g/mol. The van der Waals surface area contributed by atoms with E-state index in [0.29, 0.717) is 11.3 Å². The van der Waals surface area contributed by atoms with Gasteiger partial charge in [-0.25, -0.2) is 9.59 Å². The number of esters is 1. The molecule has 0 saturated carbocycles. The maximum absolute atomic E-state index is 12.9. The summed E-state index contributed by atoms with van der Waals surface area (Å²) in [5.74, 6) is 0.556. The molecule has 1 aliphatic rings. The average molecular weight is 470 g/mol. The van der Waals surface area contributed by atoms with Crippen LogP contribution >= 0.6 is 23.1 Å². The highest BCUT2D eigenvalue weighted by Gasteiger charge is 2.28. The number of imide groups is 1. The molecule has 3 heterocycles. The van der Waals surface area contributed by atoms with Crippen molar-refractivity contribution in [2.45, 2.75) is 26.0 Å². The van der Waals surface area contributed by atoms with Gasteiger partial charge in [0.2, 0.25) is 0 Å². The van der Waals surface area contributed by atoms with Crippen LogP contribution in [0.1, 0.15) is 31.9 Å². The van der Waals surface area contributed by atoms with E-state index in [4.69, 9.17) is 4.74 Å². The zero-order valence-corrected chi connectivity index (χ0v) is 19.4. The van der Waals surface area contributed by atoms with Gasteiger partial charge in [0.25, 0.3) is 5.91 Å². The lowest BCUT2D eigenvalue weighted by molar-refractivity contribution is -0.123. The van der Waals surface area contributed by atoms with Crippen molar-refractivity contribution in [2.24, 2.45) is 0 Å². The van der Waals surface area contributed by atoms with Crippen molar-refractivity contribution >= 4 is 46.7 Å². The van der Waals surface area contributed by atoms with Crippen molar-refractivity contribution in [3.8, 4) is 5.00 Å². The molecule has 0 fully saturated rings. The maximum Gasteiger partial charge on any atom is 0.341 e. The van der Waals surface area contributed by atoms with E-state index in [9.17, 15) is 14.4 Å². The molecule has 32 heavy (non-hydrogen) atoms. The summed E-state index contributed by atoms with van der Waals surface area (Å²) in [5, 5.41) is 5.63. The summed E-state index contributed by atoms with van der Waals surface area (Å²) in [7, 11) is 0. The largest absolute Gasteiger partial charge is 0.452 e. The summed E-state index contributed by atoms with van der Waals surface area (Å²) in [5.41, 5.74) is 4.07. The van der Waals surface area contributed by atoms with Crippen molar-refractivity contribution in [2.75, 3.05) is 17.7 Å². The van der Waals surface area contributed by atoms with Gasteiger partial charge in [-0.15, -0.1) is 11.3 Å². The molecule has 166 valence electrons. The van der Waals surface area contributed by atoms with E-state index < -0.39 is 24.5 Å². The molecule has 0 spiro atoms. The normalized spacial score (nSPS) is 12.7. The molecule has 1 aromatic carbocycles. The number of thiophene rings is 1. The first kappa shape index (κ1) is 22.2. The van der Waals surface area contributed by atoms with Gasteiger partial charge < -0.3 is 14.6 Å². The van der Waals surface area contributed by atoms with Gasteiger partial charge in [0.15, 0.2) is 6.61 Å². The Kier molecular flexibility index (Phi) is 6.66. The third kappa shape index (κ3) is 4.89. The number of fused-ring (bicyclic) bond motifs is 1. The molecule has 0 radical (unpaired) electrons. The van der Waals surface area contributed by atoms with Crippen LogP contribution in [0.25, 0.3) is 5.00 Å². The second-order valence-electron chi connectivity index (χ2n) is 7.47. The van der Waals surface area contributed by atoms with Gasteiger partial charge in [0.1, 0.15) is 5.00 Å². The van der Waals surface area contributed by atoms with Crippen LogP contribution in [-0.2, 0) is 21.7 Å². The Morgan fingerprint density at radius 3 is 2.69 bits per heavy atom. The second kappa shape index (κ2) is 9.62. The van der Waals surface area contributed by atoms with Crippen molar-refractivity contribution < 1.29 is 19.1 Å².